The molecule has 0 aliphatic heterocycles. The van der Waals surface area contributed by atoms with Crippen molar-refractivity contribution in [1.82, 2.24) is 0 Å². The van der Waals surface area contributed by atoms with E-state index in [4.69, 9.17) is 4.74 Å². The number of aryl methyl sites for hydroxylation is 1. The molecule has 0 unspecified atom stereocenters. The van der Waals surface area contributed by atoms with Gasteiger partial charge in [0.25, 0.3) is 5.91 Å². The molecule has 1 N–H and O–H groups in total. The van der Waals surface area contributed by atoms with E-state index < -0.39 is 0 Å². The number of amides is 1. The van der Waals surface area contributed by atoms with Gasteiger partial charge in [-0.3, -0.25) is 4.79 Å². The maximum absolute atomic E-state index is 12.0. The van der Waals surface area contributed by atoms with E-state index in [0.29, 0.717) is 5.75 Å². The second-order valence-electron chi connectivity index (χ2n) is 5.21. The molecule has 23 heavy (non-hydrogen) atoms. The SMILES string of the molecule is CCCCc1ccc(NC(=O)COc2ccc(Br)cc2Br)cc1. The number of anilines is 1. The van der Waals surface area contributed by atoms with Gasteiger partial charge in [-0.05, 0) is 64.7 Å². The van der Waals surface area contributed by atoms with Crippen LogP contribution in [-0.4, -0.2) is 12.5 Å². The number of ether oxygens (including phenoxy) is 1. The minimum atomic E-state index is -0.180. The zero-order valence-electron chi connectivity index (χ0n) is 12.9. The molecule has 0 fully saturated rings. The number of unbranched alkanes of at least 4 members (excludes halogenated alkanes) is 1. The smallest absolute Gasteiger partial charge is 0.262 e. The molecule has 0 radical (unpaired) electrons. The largest absolute Gasteiger partial charge is 0.483 e. The molecule has 0 bridgehead atoms. The van der Waals surface area contributed by atoms with Crippen molar-refractivity contribution < 1.29 is 9.53 Å². The molecule has 0 aliphatic rings. The van der Waals surface area contributed by atoms with E-state index in [1.165, 1.54) is 18.4 Å². The van der Waals surface area contributed by atoms with Gasteiger partial charge in [-0.1, -0.05) is 41.4 Å². The van der Waals surface area contributed by atoms with Crippen LogP contribution in [0, 0.1) is 0 Å². The Bertz CT molecular complexity index is 657. The number of nitrogens with one attached hydrogen (secondary N) is 1. The lowest BCUT2D eigenvalue weighted by molar-refractivity contribution is -0.118. The van der Waals surface area contributed by atoms with Crippen LogP contribution >= 0.6 is 31.9 Å². The molecule has 5 heteroatoms. The number of hydrogen-bond donors (Lipinski definition) is 1. The van der Waals surface area contributed by atoms with Gasteiger partial charge >= 0.3 is 0 Å². The van der Waals surface area contributed by atoms with Crippen LogP contribution in [0.5, 0.6) is 5.75 Å². The van der Waals surface area contributed by atoms with Crippen LogP contribution in [0.3, 0.4) is 0 Å². The Kier molecular flexibility index (Phi) is 7.12. The van der Waals surface area contributed by atoms with Gasteiger partial charge < -0.3 is 10.1 Å². The number of carbonyl (C=O) groups excluding carboxylic acids is 1. The number of carbonyl (C=O) groups is 1. The molecule has 122 valence electrons. The second kappa shape index (κ2) is 9.08. The van der Waals surface area contributed by atoms with Gasteiger partial charge in [-0.2, -0.15) is 0 Å². The normalized spacial score (nSPS) is 10.4. The van der Waals surface area contributed by atoms with E-state index in [1.54, 1.807) is 0 Å². The fourth-order valence-corrected chi connectivity index (χ4v) is 3.23. The van der Waals surface area contributed by atoms with Gasteiger partial charge in [0.05, 0.1) is 4.47 Å². The zero-order valence-corrected chi connectivity index (χ0v) is 16.1. The van der Waals surface area contributed by atoms with Gasteiger partial charge in [0.2, 0.25) is 0 Å². The fraction of sp³-hybridized carbons (Fsp3) is 0.278. The van der Waals surface area contributed by atoms with Crippen LogP contribution in [0.2, 0.25) is 0 Å². The fourth-order valence-electron chi connectivity index (χ4n) is 2.07. The summed E-state index contributed by atoms with van der Waals surface area (Å²) in [5, 5.41) is 2.84. The van der Waals surface area contributed by atoms with Crippen molar-refractivity contribution in [2.24, 2.45) is 0 Å². The van der Waals surface area contributed by atoms with Crippen molar-refractivity contribution in [3.63, 3.8) is 0 Å². The van der Waals surface area contributed by atoms with Crippen molar-refractivity contribution in [3.8, 4) is 5.75 Å². The third-order valence-corrected chi connectivity index (χ3v) is 4.42. The highest BCUT2D eigenvalue weighted by atomic mass is 79.9. The highest BCUT2D eigenvalue weighted by molar-refractivity contribution is 9.11. The molecule has 0 spiro atoms. The molecule has 0 aromatic heterocycles. The van der Waals surface area contributed by atoms with Crippen molar-refractivity contribution in [3.05, 3.63) is 57.0 Å². The summed E-state index contributed by atoms with van der Waals surface area (Å²) >= 11 is 6.78. The first-order valence-corrected chi connectivity index (χ1v) is 9.13. The Labute approximate surface area is 153 Å². The Morgan fingerprint density at radius 2 is 1.87 bits per heavy atom. The van der Waals surface area contributed by atoms with Crippen LogP contribution in [0.1, 0.15) is 25.3 Å². The first kappa shape index (κ1) is 18.0. The predicted molar refractivity (Wildman–Crippen MR) is 101 cm³/mol. The standard InChI is InChI=1S/C18H19Br2NO2/c1-2-3-4-13-5-8-15(9-6-13)21-18(22)12-23-17-10-7-14(19)11-16(17)20/h5-11H,2-4,12H2,1H3,(H,21,22). The number of rotatable bonds is 7. The topological polar surface area (TPSA) is 38.3 Å². The second-order valence-corrected chi connectivity index (χ2v) is 6.98. The average molecular weight is 441 g/mol. The quantitative estimate of drug-likeness (QED) is 0.610. The Hall–Kier alpha value is -1.33. The van der Waals surface area contributed by atoms with Gasteiger partial charge in [0.15, 0.2) is 6.61 Å². The van der Waals surface area contributed by atoms with Crippen molar-refractivity contribution in [2.75, 3.05) is 11.9 Å². The van der Waals surface area contributed by atoms with Crippen LogP contribution in [0.4, 0.5) is 5.69 Å². The molecule has 0 saturated carbocycles. The molecular formula is C18H19Br2NO2. The van der Waals surface area contributed by atoms with E-state index in [1.807, 2.05) is 30.3 Å². The third kappa shape index (κ3) is 5.99. The van der Waals surface area contributed by atoms with Gasteiger partial charge in [0.1, 0.15) is 5.75 Å². The highest BCUT2D eigenvalue weighted by Gasteiger charge is 2.06. The Morgan fingerprint density at radius 3 is 2.52 bits per heavy atom. The molecule has 0 atom stereocenters. The maximum Gasteiger partial charge on any atom is 0.262 e. The van der Waals surface area contributed by atoms with Crippen LogP contribution < -0.4 is 10.1 Å². The first-order chi connectivity index (χ1) is 11.1. The monoisotopic (exact) mass is 439 g/mol. The minimum Gasteiger partial charge on any atom is -0.483 e. The molecule has 0 saturated heterocycles. The lowest BCUT2D eigenvalue weighted by atomic mass is 10.1. The zero-order chi connectivity index (χ0) is 16.7. The summed E-state index contributed by atoms with van der Waals surface area (Å²) in [6.45, 7) is 2.15. The van der Waals surface area contributed by atoms with E-state index in [0.717, 1.165) is 21.1 Å². The Morgan fingerprint density at radius 1 is 1.13 bits per heavy atom. The summed E-state index contributed by atoms with van der Waals surface area (Å²) in [6.07, 6.45) is 3.44. The van der Waals surface area contributed by atoms with E-state index in [2.05, 4.69) is 56.2 Å². The Balaban J connectivity index is 1.84. The lowest BCUT2D eigenvalue weighted by Crippen LogP contribution is -2.20. The summed E-state index contributed by atoms with van der Waals surface area (Å²) in [5.41, 5.74) is 2.08. The molecule has 0 aliphatic carbocycles. The summed E-state index contributed by atoms with van der Waals surface area (Å²) in [6, 6.07) is 13.5. The van der Waals surface area contributed by atoms with Gasteiger partial charge in [0, 0.05) is 10.2 Å². The van der Waals surface area contributed by atoms with Crippen LogP contribution in [0.25, 0.3) is 0 Å². The molecule has 3 nitrogen and oxygen atoms in total. The number of benzene rings is 2. The summed E-state index contributed by atoms with van der Waals surface area (Å²) in [7, 11) is 0. The molecule has 1 amide bonds. The van der Waals surface area contributed by atoms with Crippen molar-refractivity contribution in [2.45, 2.75) is 26.2 Å². The summed E-state index contributed by atoms with van der Waals surface area (Å²) in [5.74, 6) is 0.458. The lowest BCUT2D eigenvalue weighted by Gasteiger charge is -2.09. The van der Waals surface area contributed by atoms with Gasteiger partial charge in [-0.15, -0.1) is 0 Å². The predicted octanol–water partition coefficient (Wildman–Crippen LogP) is 5.57. The maximum atomic E-state index is 12.0. The molecular weight excluding hydrogens is 422 g/mol. The van der Waals surface area contributed by atoms with Crippen molar-refractivity contribution >= 4 is 43.5 Å². The van der Waals surface area contributed by atoms with Crippen LogP contribution in [0.15, 0.2) is 51.4 Å². The van der Waals surface area contributed by atoms with E-state index in [9.17, 15) is 4.79 Å². The summed E-state index contributed by atoms with van der Waals surface area (Å²) < 4.78 is 7.28. The number of halogens is 2. The molecule has 2 aromatic carbocycles. The molecule has 2 aromatic rings. The average Bonchev–Trinajstić information content (AvgIpc) is 2.53. The first-order valence-electron chi connectivity index (χ1n) is 7.55. The number of hydrogen-bond acceptors (Lipinski definition) is 2. The third-order valence-electron chi connectivity index (χ3n) is 3.31. The molecule has 0 heterocycles. The van der Waals surface area contributed by atoms with Crippen LogP contribution in [-0.2, 0) is 11.2 Å². The highest BCUT2D eigenvalue weighted by Crippen LogP contribution is 2.28. The van der Waals surface area contributed by atoms with E-state index >= 15 is 0 Å². The van der Waals surface area contributed by atoms with E-state index in [-0.39, 0.29) is 12.5 Å². The summed E-state index contributed by atoms with van der Waals surface area (Å²) in [4.78, 5) is 12.0. The van der Waals surface area contributed by atoms with Crippen molar-refractivity contribution in [1.29, 1.82) is 0 Å². The minimum absolute atomic E-state index is 0.0299. The van der Waals surface area contributed by atoms with Gasteiger partial charge in [-0.25, -0.2) is 0 Å². The molecule has 2 rings (SSSR count).